The second-order valence-corrected chi connectivity index (χ2v) is 6.34. The van der Waals surface area contributed by atoms with Gasteiger partial charge >= 0.3 is 0 Å². The van der Waals surface area contributed by atoms with Crippen molar-refractivity contribution >= 4 is 23.2 Å². The molecule has 3 rings (SSSR count). The van der Waals surface area contributed by atoms with Gasteiger partial charge in [0, 0.05) is 30.3 Å². The van der Waals surface area contributed by atoms with Crippen LogP contribution in [-0.2, 0) is 17.8 Å². The Bertz CT molecular complexity index is 663. The lowest BCUT2D eigenvalue weighted by molar-refractivity contribution is -0.120. The van der Waals surface area contributed by atoms with Crippen LogP contribution >= 0.6 is 11.6 Å². The van der Waals surface area contributed by atoms with E-state index in [9.17, 15) is 4.79 Å². The Labute approximate surface area is 142 Å². The van der Waals surface area contributed by atoms with Crippen molar-refractivity contribution in [3.63, 3.8) is 0 Å². The largest absolute Gasteiger partial charge is 0.371 e. The summed E-state index contributed by atoms with van der Waals surface area (Å²) in [5.41, 5.74) is 3.40. The molecule has 1 aliphatic rings. The Morgan fingerprint density at radius 3 is 2.48 bits per heavy atom. The van der Waals surface area contributed by atoms with Crippen LogP contribution in [0.1, 0.15) is 24.0 Å². The molecule has 120 valence electrons. The number of rotatable bonds is 5. The average Bonchev–Trinajstić information content (AvgIpc) is 3.10. The number of carbonyl (C=O) groups excluding carboxylic acids is 1. The molecular weight excluding hydrogens is 308 g/mol. The van der Waals surface area contributed by atoms with Crippen LogP contribution in [0.3, 0.4) is 0 Å². The SMILES string of the molecule is O=C(Cc1ccc(Cl)cc1)NCc1ccccc1N1CCCC1. The molecule has 0 saturated carbocycles. The van der Waals surface area contributed by atoms with Crippen LogP contribution in [0.5, 0.6) is 0 Å². The molecule has 1 N–H and O–H groups in total. The van der Waals surface area contributed by atoms with E-state index < -0.39 is 0 Å². The number of hydrogen-bond donors (Lipinski definition) is 1. The van der Waals surface area contributed by atoms with E-state index in [4.69, 9.17) is 11.6 Å². The van der Waals surface area contributed by atoms with E-state index in [-0.39, 0.29) is 5.91 Å². The maximum Gasteiger partial charge on any atom is 0.224 e. The Morgan fingerprint density at radius 1 is 1.04 bits per heavy atom. The number of para-hydroxylation sites is 1. The molecule has 2 aromatic rings. The van der Waals surface area contributed by atoms with Gasteiger partial charge in [-0.25, -0.2) is 0 Å². The molecule has 1 heterocycles. The highest BCUT2D eigenvalue weighted by molar-refractivity contribution is 6.30. The van der Waals surface area contributed by atoms with Gasteiger partial charge in [-0.05, 0) is 42.2 Å². The highest BCUT2D eigenvalue weighted by Crippen LogP contribution is 2.24. The van der Waals surface area contributed by atoms with Gasteiger partial charge in [0.1, 0.15) is 0 Å². The number of anilines is 1. The average molecular weight is 329 g/mol. The van der Waals surface area contributed by atoms with Gasteiger partial charge in [0.05, 0.1) is 6.42 Å². The second-order valence-electron chi connectivity index (χ2n) is 5.90. The van der Waals surface area contributed by atoms with Gasteiger partial charge in [0.2, 0.25) is 5.91 Å². The van der Waals surface area contributed by atoms with Gasteiger partial charge in [0.25, 0.3) is 0 Å². The maximum atomic E-state index is 12.1. The first-order valence-corrected chi connectivity index (χ1v) is 8.44. The van der Waals surface area contributed by atoms with Crippen molar-refractivity contribution < 1.29 is 4.79 Å². The summed E-state index contributed by atoms with van der Waals surface area (Å²) >= 11 is 5.86. The molecule has 0 spiro atoms. The highest BCUT2D eigenvalue weighted by atomic mass is 35.5. The van der Waals surface area contributed by atoms with Crippen LogP contribution in [0.2, 0.25) is 5.02 Å². The molecule has 1 aliphatic heterocycles. The van der Waals surface area contributed by atoms with Gasteiger partial charge in [-0.2, -0.15) is 0 Å². The molecule has 0 aromatic heterocycles. The Balaban J connectivity index is 1.59. The quantitative estimate of drug-likeness (QED) is 0.905. The zero-order valence-electron chi connectivity index (χ0n) is 13.1. The summed E-state index contributed by atoms with van der Waals surface area (Å²) in [6.45, 7) is 2.78. The third-order valence-electron chi connectivity index (χ3n) is 4.19. The minimum absolute atomic E-state index is 0.0311. The van der Waals surface area contributed by atoms with Crippen molar-refractivity contribution in [3.05, 3.63) is 64.7 Å². The van der Waals surface area contributed by atoms with Crippen LogP contribution < -0.4 is 10.2 Å². The Hall–Kier alpha value is -2.00. The topological polar surface area (TPSA) is 32.3 Å². The molecule has 0 radical (unpaired) electrons. The summed E-state index contributed by atoms with van der Waals surface area (Å²) < 4.78 is 0. The van der Waals surface area contributed by atoms with E-state index in [0.29, 0.717) is 18.0 Å². The first-order chi connectivity index (χ1) is 11.2. The number of amides is 1. The summed E-state index contributed by atoms with van der Waals surface area (Å²) in [5, 5.41) is 3.72. The predicted molar refractivity (Wildman–Crippen MR) is 94.9 cm³/mol. The molecule has 1 saturated heterocycles. The van der Waals surface area contributed by atoms with E-state index in [1.165, 1.54) is 24.1 Å². The Morgan fingerprint density at radius 2 is 1.74 bits per heavy atom. The smallest absolute Gasteiger partial charge is 0.224 e. The molecule has 0 aliphatic carbocycles. The van der Waals surface area contributed by atoms with Gasteiger partial charge in [-0.1, -0.05) is 41.9 Å². The lowest BCUT2D eigenvalue weighted by Gasteiger charge is -2.21. The lowest BCUT2D eigenvalue weighted by Crippen LogP contribution is -2.26. The van der Waals surface area contributed by atoms with Crippen molar-refractivity contribution in [3.8, 4) is 0 Å². The van der Waals surface area contributed by atoms with Crippen molar-refractivity contribution in [2.45, 2.75) is 25.8 Å². The normalized spacial score (nSPS) is 14.0. The van der Waals surface area contributed by atoms with E-state index in [2.05, 4.69) is 28.4 Å². The zero-order chi connectivity index (χ0) is 16.1. The fraction of sp³-hybridized carbons (Fsp3) is 0.316. The third kappa shape index (κ3) is 4.26. The molecule has 23 heavy (non-hydrogen) atoms. The van der Waals surface area contributed by atoms with Crippen molar-refractivity contribution in [1.29, 1.82) is 0 Å². The zero-order valence-corrected chi connectivity index (χ0v) is 13.9. The lowest BCUT2D eigenvalue weighted by atomic mass is 10.1. The van der Waals surface area contributed by atoms with Crippen LogP contribution in [0, 0.1) is 0 Å². The molecule has 0 unspecified atom stereocenters. The monoisotopic (exact) mass is 328 g/mol. The fourth-order valence-electron chi connectivity index (χ4n) is 2.97. The van der Waals surface area contributed by atoms with Crippen LogP contribution in [0.25, 0.3) is 0 Å². The van der Waals surface area contributed by atoms with Crippen LogP contribution in [0.15, 0.2) is 48.5 Å². The van der Waals surface area contributed by atoms with Crippen molar-refractivity contribution in [2.24, 2.45) is 0 Å². The van der Waals surface area contributed by atoms with Gasteiger partial charge in [-0.3, -0.25) is 4.79 Å². The highest BCUT2D eigenvalue weighted by Gasteiger charge is 2.15. The molecule has 2 aromatic carbocycles. The third-order valence-corrected chi connectivity index (χ3v) is 4.44. The van der Waals surface area contributed by atoms with E-state index in [0.717, 1.165) is 18.7 Å². The number of halogens is 1. The fourth-order valence-corrected chi connectivity index (χ4v) is 3.10. The summed E-state index contributed by atoms with van der Waals surface area (Å²) in [6, 6.07) is 15.7. The van der Waals surface area contributed by atoms with Gasteiger partial charge in [0.15, 0.2) is 0 Å². The summed E-state index contributed by atoms with van der Waals surface area (Å²) in [5.74, 6) is 0.0311. The van der Waals surface area contributed by atoms with Crippen LogP contribution in [-0.4, -0.2) is 19.0 Å². The summed E-state index contributed by atoms with van der Waals surface area (Å²) in [4.78, 5) is 14.5. The molecule has 3 nitrogen and oxygen atoms in total. The molecule has 1 fully saturated rings. The second kappa shape index (κ2) is 7.51. The molecular formula is C19H21ClN2O. The van der Waals surface area contributed by atoms with E-state index in [1.807, 2.05) is 30.3 Å². The number of nitrogens with one attached hydrogen (secondary N) is 1. The number of hydrogen-bond acceptors (Lipinski definition) is 2. The summed E-state index contributed by atoms with van der Waals surface area (Å²) in [7, 11) is 0. The molecule has 1 amide bonds. The van der Waals surface area contributed by atoms with Crippen molar-refractivity contribution in [1.82, 2.24) is 5.32 Å². The minimum atomic E-state index is 0.0311. The molecule has 0 atom stereocenters. The first kappa shape index (κ1) is 15.9. The minimum Gasteiger partial charge on any atom is -0.371 e. The first-order valence-electron chi connectivity index (χ1n) is 8.06. The molecule has 0 bridgehead atoms. The summed E-state index contributed by atoms with van der Waals surface area (Å²) in [6.07, 6.45) is 2.87. The predicted octanol–water partition coefficient (Wildman–Crippen LogP) is 3.80. The van der Waals surface area contributed by atoms with E-state index >= 15 is 0 Å². The van der Waals surface area contributed by atoms with Gasteiger partial charge in [-0.15, -0.1) is 0 Å². The molecule has 4 heteroatoms. The Kier molecular flexibility index (Phi) is 5.19. The van der Waals surface area contributed by atoms with Gasteiger partial charge < -0.3 is 10.2 Å². The number of nitrogens with zero attached hydrogens (tertiary/aromatic N) is 1. The van der Waals surface area contributed by atoms with E-state index in [1.54, 1.807) is 0 Å². The number of benzene rings is 2. The maximum absolute atomic E-state index is 12.1. The number of carbonyl (C=O) groups is 1. The van der Waals surface area contributed by atoms with Crippen molar-refractivity contribution in [2.75, 3.05) is 18.0 Å². The van der Waals surface area contributed by atoms with Crippen LogP contribution in [0.4, 0.5) is 5.69 Å². The standard InChI is InChI=1S/C19H21ClN2O/c20-17-9-7-15(8-10-17)13-19(23)21-14-16-5-1-2-6-18(16)22-11-3-4-12-22/h1-2,5-10H,3-4,11-14H2,(H,21,23).